The maximum absolute atomic E-state index is 14.2. The Labute approximate surface area is 289 Å². The lowest BCUT2D eigenvalue weighted by Crippen LogP contribution is -2.30. The van der Waals surface area contributed by atoms with Crippen LogP contribution < -0.4 is 20.7 Å². The summed E-state index contributed by atoms with van der Waals surface area (Å²) in [5.41, 5.74) is 2.05. The molecule has 0 unspecified atom stereocenters. The average Bonchev–Trinajstić information content (AvgIpc) is 3.38. The zero-order valence-electron chi connectivity index (χ0n) is 28.6. The summed E-state index contributed by atoms with van der Waals surface area (Å²) in [6, 6.07) is 8.36. The van der Waals surface area contributed by atoms with Crippen molar-refractivity contribution in [2.75, 3.05) is 45.1 Å². The third kappa shape index (κ3) is 8.06. The van der Waals surface area contributed by atoms with Crippen LogP contribution in [0.15, 0.2) is 36.5 Å². The molecule has 5 rings (SSSR count). The summed E-state index contributed by atoms with van der Waals surface area (Å²) in [5.74, 6) is -0.643. The monoisotopic (exact) mass is 718 g/mol. The minimum absolute atomic E-state index is 0.00946. The Morgan fingerprint density at radius 2 is 1.72 bits per heavy atom. The number of aromatic nitrogens is 2. The van der Waals surface area contributed by atoms with Gasteiger partial charge in [-0.2, -0.15) is 18.2 Å². The van der Waals surface area contributed by atoms with Crippen LogP contribution >= 0.6 is 7.60 Å². The summed E-state index contributed by atoms with van der Waals surface area (Å²) in [6.45, 7) is 4.16. The van der Waals surface area contributed by atoms with Crippen LogP contribution in [0.2, 0.25) is 0 Å². The van der Waals surface area contributed by atoms with Gasteiger partial charge in [-0.05, 0) is 80.3 Å². The average molecular weight is 719 g/mol. The van der Waals surface area contributed by atoms with E-state index in [1.807, 2.05) is 6.07 Å². The first-order chi connectivity index (χ1) is 23.8. The molecule has 270 valence electrons. The van der Waals surface area contributed by atoms with Gasteiger partial charge >= 0.3 is 13.8 Å². The Hall–Kier alpha value is -4.20. The number of alkyl halides is 3. The number of anilines is 4. The molecule has 16 heteroatoms. The molecule has 2 amide bonds. The Balaban J connectivity index is 1.44. The van der Waals surface area contributed by atoms with Crippen molar-refractivity contribution in [2.24, 2.45) is 5.92 Å². The number of amides is 2. The van der Waals surface area contributed by atoms with E-state index in [0.717, 1.165) is 24.0 Å². The van der Waals surface area contributed by atoms with Gasteiger partial charge in [0.2, 0.25) is 11.9 Å². The SMILES string of the molecule is CCOP(=O)(Cc1ccc(Nc2ncc(C(F)(F)F)c(Nc3ccc(C4CCC(C(=O)NC)CC4)c4c3C(=O)N(C)C4)n2)c(OC)c1)OCC. The summed E-state index contributed by atoms with van der Waals surface area (Å²) in [4.78, 5) is 35.2. The van der Waals surface area contributed by atoms with Gasteiger partial charge in [0.1, 0.15) is 17.1 Å². The maximum Gasteiger partial charge on any atom is 0.421 e. The molecule has 1 aromatic heterocycles. The molecule has 3 N–H and O–H groups in total. The van der Waals surface area contributed by atoms with E-state index in [9.17, 15) is 27.3 Å². The maximum atomic E-state index is 14.2. The summed E-state index contributed by atoms with van der Waals surface area (Å²) in [7, 11) is 1.29. The van der Waals surface area contributed by atoms with Crippen molar-refractivity contribution in [3.05, 3.63) is 64.3 Å². The lowest BCUT2D eigenvalue weighted by molar-refractivity contribution is -0.137. The predicted molar refractivity (Wildman–Crippen MR) is 182 cm³/mol. The minimum Gasteiger partial charge on any atom is -0.495 e. The highest BCUT2D eigenvalue weighted by molar-refractivity contribution is 7.53. The molecule has 2 aromatic carbocycles. The van der Waals surface area contributed by atoms with Gasteiger partial charge in [0.15, 0.2) is 0 Å². The molecular weight excluding hydrogens is 676 g/mol. The highest BCUT2D eigenvalue weighted by atomic mass is 31.2. The number of hydrogen-bond donors (Lipinski definition) is 3. The van der Waals surface area contributed by atoms with Crippen LogP contribution in [0.4, 0.5) is 36.3 Å². The fourth-order valence-electron chi connectivity index (χ4n) is 6.61. The van der Waals surface area contributed by atoms with Crippen LogP contribution in [0, 0.1) is 5.92 Å². The van der Waals surface area contributed by atoms with Gasteiger partial charge in [0, 0.05) is 32.8 Å². The molecule has 0 saturated heterocycles. The van der Waals surface area contributed by atoms with Gasteiger partial charge < -0.3 is 34.6 Å². The Morgan fingerprint density at radius 1 is 1.04 bits per heavy atom. The van der Waals surface area contributed by atoms with Crippen LogP contribution in [-0.2, 0) is 37.3 Å². The smallest absolute Gasteiger partial charge is 0.421 e. The van der Waals surface area contributed by atoms with E-state index in [4.69, 9.17) is 13.8 Å². The minimum atomic E-state index is -4.80. The first-order valence-corrected chi connectivity index (χ1v) is 18.2. The number of nitrogens with zero attached hydrogens (tertiary/aromatic N) is 3. The number of hydrogen-bond acceptors (Lipinski definition) is 10. The van der Waals surface area contributed by atoms with Crippen LogP contribution in [0.5, 0.6) is 5.75 Å². The summed E-state index contributed by atoms with van der Waals surface area (Å²) in [6.07, 6.45) is -1.19. The summed E-state index contributed by atoms with van der Waals surface area (Å²) in [5, 5.41) is 8.43. The largest absolute Gasteiger partial charge is 0.495 e. The molecule has 0 atom stereocenters. The number of benzene rings is 2. The van der Waals surface area contributed by atoms with Gasteiger partial charge in [-0.25, -0.2) is 4.98 Å². The molecule has 50 heavy (non-hydrogen) atoms. The normalized spacial score (nSPS) is 17.8. The van der Waals surface area contributed by atoms with Crippen molar-refractivity contribution in [3.63, 3.8) is 0 Å². The van der Waals surface area contributed by atoms with E-state index < -0.39 is 25.2 Å². The number of fused-ring (bicyclic) bond motifs is 1. The van der Waals surface area contributed by atoms with Crippen molar-refractivity contribution in [1.29, 1.82) is 0 Å². The Bertz CT molecular complexity index is 1770. The Kier molecular flexibility index (Phi) is 11.4. The van der Waals surface area contributed by atoms with E-state index in [2.05, 4.69) is 25.9 Å². The zero-order valence-corrected chi connectivity index (χ0v) is 29.5. The molecule has 2 aliphatic rings. The van der Waals surface area contributed by atoms with Crippen LogP contribution in [0.1, 0.15) is 78.1 Å². The molecule has 1 fully saturated rings. The van der Waals surface area contributed by atoms with Crippen molar-refractivity contribution < 1.29 is 41.1 Å². The topological polar surface area (TPSA) is 144 Å². The van der Waals surface area contributed by atoms with Gasteiger partial charge in [0.05, 0.1) is 43.4 Å². The molecule has 1 saturated carbocycles. The van der Waals surface area contributed by atoms with Crippen LogP contribution in [-0.4, -0.2) is 61.1 Å². The molecule has 1 aliphatic heterocycles. The first-order valence-electron chi connectivity index (χ1n) is 16.5. The van der Waals surface area contributed by atoms with E-state index in [-0.39, 0.29) is 54.7 Å². The number of carbonyl (C=O) groups excluding carboxylic acids is 2. The van der Waals surface area contributed by atoms with Crippen molar-refractivity contribution in [3.8, 4) is 5.75 Å². The highest BCUT2D eigenvalue weighted by Crippen LogP contribution is 2.52. The van der Waals surface area contributed by atoms with Crippen molar-refractivity contribution in [2.45, 2.75) is 64.3 Å². The van der Waals surface area contributed by atoms with Gasteiger partial charge in [-0.1, -0.05) is 12.1 Å². The van der Waals surface area contributed by atoms with E-state index in [0.29, 0.717) is 48.1 Å². The zero-order chi connectivity index (χ0) is 36.2. The fourth-order valence-corrected chi connectivity index (χ4v) is 8.30. The lowest BCUT2D eigenvalue weighted by atomic mass is 9.76. The predicted octanol–water partition coefficient (Wildman–Crippen LogP) is 7.36. The lowest BCUT2D eigenvalue weighted by Gasteiger charge is -2.29. The third-order valence-corrected chi connectivity index (χ3v) is 11.0. The summed E-state index contributed by atoms with van der Waals surface area (Å²) >= 11 is 0. The van der Waals surface area contributed by atoms with Gasteiger partial charge in [-0.3, -0.25) is 14.2 Å². The molecule has 12 nitrogen and oxygen atoms in total. The second kappa shape index (κ2) is 15.4. The van der Waals surface area contributed by atoms with Crippen LogP contribution in [0.25, 0.3) is 0 Å². The molecule has 3 aromatic rings. The van der Waals surface area contributed by atoms with E-state index in [1.165, 1.54) is 12.0 Å². The molecule has 0 bridgehead atoms. The third-order valence-electron chi connectivity index (χ3n) is 8.98. The molecule has 0 radical (unpaired) electrons. The van der Waals surface area contributed by atoms with Gasteiger partial charge in [0.25, 0.3) is 5.91 Å². The van der Waals surface area contributed by atoms with Crippen molar-refractivity contribution in [1.82, 2.24) is 20.2 Å². The Morgan fingerprint density at radius 3 is 2.34 bits per heavy atom. The second-order valence-corrected chi connectivity index (χ2v) is 14.3. The quantitative estimate of drug-likeness (QED) is 0.153. The van der Waals surface area contributed by atoms with Crippen LogP contribution in [0.3, 0.4) is 0 Å². The molecule has 2 heterocycles. The molecule has 1 aliphatic carbocycles. The number of carbonyl (C=O) groups is 2. The summed E-state index contributed by atoms with van der Waals surface area (Å²) < 4.78 is 72.1. The molecule has 0 spiro atoms. The fraction of sp³-hybridized carbons (Fsp3) is 0.471. The van der Waals surface area contributed by atoms with Crippen molar-refractivity contribution >= 4 is 42.6 Å². The van der Waals surface area contributed by atoms with E-state index in [1.54, 1.807) is 52.2 Å². The molecular formula is C34H42F3N6O6P. The van der Waals surface area contributed by atoms with E-state index >= 15 is 0 Å². The number of nitrogens with one attached hydrogen (secondary N) is 3. The number of rotatable bonds is 13. The first kappa shape index (κ1) is 37.1. The highest BCUT2D eigenvalue weighted by Gasteiger charge is 2.38. The number of ether oxygens (including phenoxy) is 1. The van der Waals surface area contributed by atoms with Gasteiger partial charge in [-0.15, -0.1) is 0 Å². The number of methoxy groups -OCH3 is 1. The number of halogens is 3. The second-order valence-electron chi connectivity index (χ2n) is 12.2. The standard InChI is InChI=1S/C34H42F3N6O6P/c1-6-48-50(46,49-7-2)19-20-8-14-26(28(16-20)47-5)41-33-39-17-25(34(35,36)37)30(42-33)40-27-15-13-23(24-18-43(4)32(45)29(24)27)21-9-11-22(12-10-21)31(44)38-3/h8,13-17,21-22H,6-7,9-12,18-19H2,1-5H3,(H,38,44)(H2,39,40,41,42).